The van der Waals surface area contributed by atoms with Crippen LogP contribution in [0.5, 0.6) is 0 Å². The third kappa shape index (κ3) is 10.5. The van der Waals surface area contributed by atoms with Crippen molar-refractivity contribution in [3.8, 4) is 0 Å². The van der Waals surface area contributed by atoms with Crippen LogP contribution < -0.4 is 0 Å². The number of nitrogens with zero attached hydrogens (tertiary/aromatic N) is 1. The zero-order valence-electron chi connectivity index (χ0n) is 18.1. The molecule has 0 aliphatic carbocycles. The van der Waals surface area contributed by atoms with Gasteiger partial charge in [0, 0.05) is 25.2 Å². The Bertz CT molecular complexity index is 359. The summed E-state index contributed by atoms with van der Waals surface area (Å²) in [6.45, 7) is 6.81. The monoisotopic (exact) mass is 431 g/mol. The van der Waals surface area contributed by atoms with Gasteiger partial charge in [-0.05, 0) is 38.8 Å². The van der Waals surface area contributed by atoms with Gasteiger partial charge in [0.05, 0.1) is 46.4 Å². The number of rotatable bonds is 19. The molecule has 166 valence electrons. The molecule has 0 saturated carbocycles. The van der Waals surface area contributed by atoms with E-state index in [-0.39, 0.29) is 0 Å². The summed E-state index contributed by atoms with van der Waals surface area (Å²) >= 11 is 0. The summed E-state index contributed by atoms with van der Waals surface area (Å²) in [6.07, 6.45) is 6.14. The summed E-state index contributed by atoms with van der Waals surface area (Å²) < 4.78 is 32.7. The van der Waals surface area contributed by atoms with E-state index < -0.39 is 21.5 Å². The molecule has 0 unspecified atom stereocenters. The van der Waals surface area contributed by atoms with E-state index in [1.807, 2.05) is 6.08 Å². The van der Waals surface area contributed by atoms with E-state index in [2.05, 4.69) is 11.5 Å². The summed E-state index contributed by atoms with van der Waals surface area (Å²) in [5.41, 5.74) is 0. The lowest BCUT2D eigenvalue weighted by Gasteiger charge is -2.40. The molecule has 0 bridgehead atoms. The van der Waals surface area contributed by atoms with Crippen molar-refractivity contribution in [1.82, 2.24) is 4.90 Å². The molecule has 0 aromatic rings. The third-order valence-electron chi connectivity index (χ3n) is 4.35. The molecule has 0 aromatic carbocycles. The van der Waals surface area contributed by atoms with E-state index in [1.165, 1.54) is 0 Å². The van der Waals surface area contributed by atoms with Gasteiger partial charge < -0.3 is 4.74 Å². The molecule has 0 aliphatic rings. The Balaban J connectivity index is 4.25. The van der Waals surface area contributed by atoms with Crippen molar-refractivity contribution in [3.63, 3.8) is 0 Å². The Morgan fingerprint density at radius 1 is 0.741 bits per heavy atom. The first-order chi connectivity index (χ1) is 13.0. The van der Waals surface area contributed by atoms with Gasteiger partial charge in [0.25, 0.3) is 0 Å². The van der Waals surface area contributed by atoms with E-state index in [0.717, 1.165) is 56.8 Å². The van der Waals surface area contributed by atoms with Gasteiger partial charge in [0.2, 0.25) is 0 Å². The van der Waals surface area contributed by atoms with Gasteiger partial charge in [-0.15, -0.1) is 6.58 Å². The van der Waals surface area contributed by atoms with E-state index in [1.54, 1.807) is 42.7 Å². The lowest BCUT2D eigenvalue weighted by Crippen LogP contribution is -2.27. The number of hydrogen-bond donors (Lipinski definition) is 0. The fourth-order valence-corrected chi connectivity index (χ4v) is 6.02. The minimum absolute atomic E-state index is 0.513. The highest BCUT2D eigenvalue weighted by Crippen LogP contribution is 2.50. The molecule has 0 rings (SSSR count). The first kappa shape index (κ1) is 27.2. The Kier molecular flexibility index (Phi) is 16.1. The molecule has 0 spiro atoms. The smallest absolute Gasteiger partial charge is 0.135 e. The number of unbranched alkanes of at least 4 members (excludes halogenated alkanes) is 2. The average Bonchev–Trinajstić information content (AvgIpc) is 2.70. The molecule has 0 fully saturated rings. The van der Waals surface area contributed by atoms with E-state index >= 15 is 0 Å². The minimum atomic E-state index is -1.84. The lowest BCUT2D eigenvalue weighted by atomic mass is 10.2. The predicted molar refractivity (Wildman–Crippen MR) is 117 cm³/mol. The molecule has 0 heterocycles. The number of hydrogen-bond acceptors (Lipinski definition) is 7. The maximum absolute atomic E-state index is 5.60. The first-order valence-electron chi connectivity index (χ1n) is 9.20. The van der Waals surface area contributed by atoms with Crippen molar-refractivity contribution in [1.29, 1.82) is 0 Å². The SMILES string of the molecule is C=CCN(CCCCS(COC)(OC)OC)CCCCS(OC)(OC)OC. The normalized spacial score (nSPS) is 13.9. The zero-order valence-corrected chi connectivity index (χ0v) is 19.7. The highest BCUT2D eigenvalue weighted by atomic mass is 32.3. The highest BCUT2D eigenvalue weighted by Gasteiger charge is 2.22. The quantitative estimate of drug-likeness (QED) is 0.226. The van der Waals surface area contributed by atoms with Crippen LogP contribution in [-0.4, -0.2) is 84.6 Å². The highest BCUT2D eigenvalue weighted by molar-refractivity contribution is 8.25. The largest absolute Gasteiger partial charge is 0.365 e. The van der Waals surface area contributed by atoms with Crippen molar-refractivity contribution < 1.29 is 25.7 Å². The van der Waals surface area contributed by atoms with Gasteiger partial charge in [0.1, 0.15) is 5.94 Å². The minimum Gasteiger partial charge on any atom is -0.365 e. The second-order valence-electron chi connectivity index (χ2n) is 5.95. The van der Waals surface area contributed by atoms with Gasteiger partial charge in [-0.1, -0.05) is 6.08 Å². The Labute approximate surface area is 170 Å². The van der Waals surface area contributed by atoms with E-state index in [4.69, 9.17) is 25.7 Å². The predicted octanol–water partition coefficient (Wildman–Crippen LogP) is 4.05. The zero-order chi connectivity index (χ0) is 20.6. The van der Waals surface area contributed by atoms with Gasteiger partial charge in [-0.2, -0.15) is 10.6 Å². The molecule has 0 aromatic heterocycles. The van der Waals surface area contributed by atoms with Crippen LogP contribution in [0.25, 0.3) is 0 Å². The second kappa shape index (κ2) is 16.0. The van der Waals surface area contributed by atoms with Crippen LogP contribution in [0.2, 0.25) is 0 Å². The van der Waals surface area contributed by atoms with Crippen molar-refractivity contribution in [2.75, 3.05) is 79.7 Å². The van der Waals surface area contributed by atoms with E-state index in [0.29, 0.717) is 5.94 Å². The van der Waals surface area contributed by atoms with E-state index in [9.17, 15) is 0 Å². The van der Waals surface area contributed by atoms with Crippen molar-refractivity contribution in [3.05, 3.63) is 12.7 Å². The maximum atomic E-state index is 5.60. The molecule has 0 amide bonds. The van der Waals surface area contributed by atoms with Crippen LogP contribution in [0.4, 0.5) is 0 Å². The average molecular weight is 432 g/mol. The molecular formula is C18H41NO6S2. The Morgan fingerprint density at radius 2 is 1.26 bits per heavy atom. The molecule has 0 N–H and O–H groups in total. The second-order valence-corrected chi connectivity index (χ2v) is 11.3. The number of ether oxygens (including phenoxy) is 1. The summed E-state index contributed by atoms with van der Waals surface area (Å²) in [5, 5.41) is 0. The molecule has 9 heteroatoms. The molecule has 0 saturated heterocycles. The topological polar surface area (TPSA) is 58.6 Å². The molecule has 0 atom stereocenters. The maximum Gasteiger partial charge on any atom is 0.135 e. The first-order valence-corrected chi connectivity index (χ1v) is 12.6. The van der Waals surface area contributed by atoms with Gasteiger partial charge in [-0.25, -0.2) is 0 Å². The number of methoxy groups -OCH3 is 1. The standard InChI is InChI=1S/C18H41NO6S2/c1-8-13-19(15-10-12-17-27(23-5,24-6)25-7)14-9-11-16-26(21-3,22-4)18-20-2/h8H,1,9-18H2,2-7H3. The fraction of sp³-hybridized carbons (Fsp3) is 0.889. The summed E-state index contributed by atoms with van der Waals surface area (Å²) in [6, 6.07) is 0. The lowest BCUT2D eigenvalue weighted by molar-refractivity contribution is 0.223. The van der Waals surface area contributed by atoms with Crippen LogP contribution >= 0.6 is 21.5 Å². The molecule has 7 nitrogen and oxygen atoms in total. The molecule has 0 aliphatic heterocycles. The van der Waals surface area contributed by atoms with Gasteiger partial charge in [0.15, 0.2) is 0 Å². The van der Waals surface area contributed by atoms with Crippen LogP contribution in [0, 0.1) is 0 Å². The van der Waals surface area contributed by atoms with Crippen LogP contribution in [0.3, 0.4) is 0 Å². The van der Waals surface area contributed by atoms with Gasteiger partial charge in [-0.3, -0.25) is 25.8 Å². The molecular weight excluding hydrogens is 390 g/mol. The Hall–Kier alpha value is 0.160. The van der Waals surface area contributed by atoms with Crippen molar-refractivity contribution in [2.45, 2.75) is 25.7 Å². The summed E-state index contributed by atoms with van der Waals surface area (Å²) in [7, 11) is 6.56. The van der Waals surface area contributed by atoms with Crippen molar-refractivity contribution >= 4 is 21.5 Å². The summed E-state index contributed by atoms with van der Waals surface area (Å²) in [5.74, 6) is 2.18. The molecule has 27 heavy (non-hydrogen) atoms. The Morgan fingerprint density at radius 3 is 1.67 bits per heavy atom. The summed E-state index contributed by atoms with van der Waals surface area (Å²) in [4.78, 5) is 2.42. The molecule has 0 radical (unpaired) electrons. The van der Waals surface area contributed by atoms with Crippen molar-refractivity contribution in [2.24, 2.45) is 0 Å². The van der Waals surface area contributed by atoms with Crippen LogP contribution in [-0.2, 0) is 25.7 Å². The van der Waals surface area contributed by atoms with Crippen LogP contribution in [0.1, 0.15) is 25.7 Å². The van der Waals surface area contributed by atoms with Crippen LogP contribution in [0.15, 0.2) is 12.7 Å². The van der Waals surface area contributed by atoms with Gasteiger partial charge >= 0.3 is 0 Å². The third-order valence-corrected chi connectivity index (χ3v) is 9.39. The fourth-order valence-electron chi connectivity index (χ4n) is 2.77.